The minimum absolute atomic E-state index is 0.408. The van der Waals surface area contributed by atoms with Gasteiger partial charge in [-0.15, -0.1) is 0 Å². The van der Waals surface area contributed by atoms with Gasteiger partial charge in [-0.2, -0.15) is 0 Å². The van der Waals surface area contributed by atoms with Crippen molar-refractivity contribution in [1.82, 2.24) is 4.98 Å². The van der Waals surface area contributed by atoms with E-state index in [1.54, 1.807) is 6.20 Å². The van der Waals surface area contributed by atoms with Gasteiger partial charge in [-0.25, -0.2) is 0 Å². The third-order valence-corrected chi connectivity index (χ3v) is 4.75. The van der Waals surface area contributed by atoms with E-state index >= 15 is 0 Å². The molecule has 17 heavy (non-hydrogen) atoms. The molecule has 1 aromatic rings. The third kappa shape index (κ3) is 3.00. The van der Waals surface area contributed by atoms with Crippen LogP contribution in [0, 0.1) is 5.41 Å². The van der Waals surface area contributed by atoms with Gasteiger partial charge in [0.15, 0.2) is 5.17 Å². The number of aliphatic imine (C=N–C) groups is 1. The minimum atomic E-state index is 0.408. The molecule has 2 heterocycles. The number of nitrogens with zero attached hydrogens (tertiary/aromatic N) is 2. The molecule has 1 aliphatic heterocycles. The Labute approximate surface area is 107 Å². The fourth-order valence-electron chi connectivity index (χ4n) is 1.87. The number of aromatic nitrogens is 1. The highest BCUT2D eigenvalue weighted by Crippen LogP contribution is 2.35. The highest BCUT2D eigenvalue weighted by Gasteiger charge is 2.30. The second kappa shape index (κ2) is 5.54. The molecule has 1 aliphatic rings. The molecule has 0 radical (unpaired) electrons. The van der Waals surface area contributed by atoms with Crippen LogP contribution in [0.5, 0.6) is 0 Å². The zero-order valence-corrected chi connectivity index (χ0v) is 11.3. The number of rotatable bonds is 3. The van der Waals surface area contributed by atoms with E-state index in [0.29, 0.717) is 5.41 Å². The van der Waals surface area contributed by atoms with Gasteiger partial charge >= 0.3 is 0 Å². The summed E-state index contributed by atoms with van der Waals surface area (Å²) in [5, 5.41) is 4.34. The van der Waals surface area contributed by atoms with Gasteiger partial charge in [0.2, 0.25) is 0 Å². The normalized spacial score (nSPS) is 18.6. The number of thioether (sulfide) groups is 1. The molecule has 0 unspecified atom stereocenters. The minimum Gasteiger partial charge on any atom is -0.334 e. The largest absolute Gasteiger partial charge is 0.334 e. The molecular weight excluding hydrogens is 230 g/mol. The molecule has 1 aromatic heterocycles. The molecule has 0 atom stereocenters. The molecule has 1 N–H and O–H groups in total. The average molecular weight is 249 g/mol. The summed E-state index contributed by atoms with van der Waals surface area (Å²) in [5.41, 5.74) is 1.42. The number of anilines is 1. The molecule has 4 heteroatoms. The van der Waals surface area contributed by atoms with E-state index in [-0.39, 0.29) is 0 Å². The first kappa shape index (κ1) is 12.4. The van der Waals surface area contributed by atoms with Gasteiger partial charge in [-0.1, -0.05) is 25.6 Å². The Morgan fingerprint density at radius 1 is 1.41 bits per heavy atom. The van der Waals surface area contributed by atoms with Gasteiger partial charge in [0.25, 0.3) is 0 Å². The number of amidine groups is 1. The Bertz CT molecular complexity index is 385. The summed E-state index contributed by atoms with van der Waals surface area (Å²) >= 11 is 1.83. The monoisotopic (exact) mass is 249 g/mol. The second-order valence-corrected chi connectivity index (χ2v) is 5.45. The van der Waals surface area contributed by atoms with Crippen LogP contribution in [0.1, 0.15) is 26.7 Å². The van der Waals surface area contributed by atoms with Crippen LogP contribution in [0.4, 0.5) is 5.69 Å². The van der Waals surface area contributed by atoms with Crippen molar-refractivity contribution in [2.45, 2.75) is 26.7 Å². The molecule has 0 amide bonds. The van der Waals surface area contributed by atoms with Gasteiger partial charge in [0.1, 0.15) is 0 Å². The molecular formula is C13H19N3S. The summed E-state index contributed by atoms with van der Waals surface area (Å²) in [5.74, 6) is 1.16. The third-order valence-electron chi connectivity index (χ3n) is 3.49. The Morgan fingerprint density at radius 2 is 2.24 bits per heavy atom. The number of pyridine rings is 1. The Kier molecular flexibility index (Phi) is 4.05. The highest BCUT2D eigenvalue weighted by molar-refractivity contribution is 8.14. The molecule has 92 valence electrons. The van der Waals surface area contributed by atoms with E-state index in [4.69, 9.17) is 0 Å². The maximum atomic E-state index is 4.66. The van der Waals surface area contributed by atoms with E-state index in [1.165, 1.54) is 12.8 Å². The molecule has 0 saturated carbocycles. The van der Waals surface area contributed by atoms with Crippen molar-refractivity contribution in [2.24, 2.45) is 10.4 Å². The first-order valence-corrected chi connectivity index (χ1v) is 7.11. The highest BCUT2D eigenvalue weighted by atomic mass is 32.2. The van der Waals surface area contributed by atoms with Crippen LogP contribution in [-0.4, -0.2) is 22.4 Å². The van der Waals surface area contributed by atoms with Crippen molar-refractivity contribution < 1.29 is 0 Å². The lowest BCUT2D eigenvalue weighted by Crippen LogP contribution is -2.32. The molecule has 0 bridgehead atoms. The lowest BCUT2D eigenvalue weighted by Gasteiger charge is -2.33. The van der Waals surface area contributed by atoms with Crippen LogP contribution in [-0.2, 0) is 0 Å². The average Bonchev–Trinajstić information content (AvgIpc) is 2.41. The van der Waals surface area contributed by atoms with Crippen molar-refractivity contribution in [3.63, 3.8) is 0 Å². The SMILES string of the molecule is CCC1(CC)CN=C(Nc2cccnc2)SC1. The van der Waals surface area contributed by atoms with Crippen LogP contribution in [0.25, 0.3) is 0 Å². The van der Waals surface area contributed by atoms with Crippen LogP contribution >= 0.6 is 11.8 Å². The van der Waals surface area contributed by atoms with E-state index in [2.05, 4.69) is 29.1 Å². The maximum Gasteiger partial charge on any atom is 0.161 e. The van der Waals surface area contributed by atoms with Gasteiger partial charge < -0.3 is 5.32 Å². The standard InChI is InChI=1S/C13H19N3S/c1-3-13(4-2)9-15-12(17-10-13)16-11-6-5-7-14-8-11/h5-8H,3-4,9-10H2,1-2H3,(H,15,16). The molecule has 2 rings (SSSR count). The van der Waals surface area contributed by atoms with Gasteiger partial charge in [0, 0.05) is 18.5 Å². The molecule has 0 aliphatic carbocycles. The smallest absolute Gasteiger partial charge is 0.161 e. The maximum absolute atomic E-state index is 4.66. The summed E-state index contributed by atoms with van der Waals surface area (Å²) in [6.07, 6.45) is 6.02. The lowest BCUT2D eigenvalue weighted by atomic mass is 9.84. The van der Waals surface area contributed by atoms with Crippen molar-refractivity contribution >= 4 is 22.6 Å². The van der Waals surface area contributed by atoms with Crippen molar-refractivity contribution in [3.05, 3.63) is 24.5 Å². The first-order chi connectivity index (χ1) is 8.28. The van der Waals surface area contributed by atoms with E-state index < -0.39 is 0 Å². The first-order valence-electron chi connectivity index (χ1n) is 6.12. The van der Waals surface area contributed by atoms with Gasteiger partial charge in [-0.3, -0.25) is 9.98 Å². The molecule has 3 nitrogen and oxygen atoms in total. The number of hydrogen-bond donors (Lipinski definition) is 1. The zero-order valence-electron chi connectivity index (χ0n) is 10.4. The number of hydrogen-bond acceptors (Lipinski definition) is 4. The van der Waals surface area contributed by atoms with Crippen molar-refractivity contribution in [1.29, 1.82) is 0 Å². The quantitative estimate of drug-likeness (QED) is 0.892. The topological polar surface area (TPSA) is 37.3 Å². The summed E-state index contributed by atoms with van der Waals surface area (Å²) in [7, 11) is 0. The molecule has 0 spiro atoms. The van der Waals surface area contributed by atoms with E-state index in [1.807, 2.05) is 30.1 Å². The van der Waals surface area contributed by atoms with Crippen molar-refractivity contribution in [3.8, 4) is 0 Å². The summed E-state index contributed by atoms with van der Waals surface area (Å²) < 4.78 is 0. The van der Waals surface area contributed by atoms with Crippen LogP contribution < -0.4 is 5.32 Å². The molecule has 0 saturated heterocycles. The van der Waals surface area contributed by atoms with E-state index in [9.17, 15) is 0 Å². The van der Waals surface area contributed by atoms with Crippen LogP contribution in [0.2, 0.25) is 0 Å². The van der Waals surface area contributed by atoms with Crippen LogP contribution in [0.3, 0.4) is 0 Å². The Morgan fingerprint density at radius 3 is 2.76 bits per heavy atom. The van der Waals surface area contributed by atoms with Crippen molar-refractivity contribution in [2.75, 3.05) is 17.6 Å². The molecule has 0 fully saturated rings. The Hall–Kier alpha value is -1.03. The summed E-state index contributed by atoms with van der Waals surface area (Å²) in [4.78, 5) is 8.75. The summed E-state index contributed by atoms with van der Waals surface area (Å²) in [6, 6.07) is 3.94. The number of nitrogens with one attached hydrogen (secondary N) is 1. The fourth-order valence-corrected chi connectivity index (χ4v) is 3.15. The predicted octanol–water partition coefficient (Wildman–Crippen LogP) is 3.40. The zero-order chi connectivity index (χ0) is 12.1. The predicted molar refractivity (Wildman–Crippen MR) is 75.6 cm³/mol. The fraction of sp³-hybridized carbons (Fsp3) is 0.538. The lowest BCUT2D eigenvalue weighted by molar-refractivity contribution is 0.318. The van der Waals surface area contributed by atoms with Gasteiger partial charge in [-0.05, 0) is 30.4 Å². The Balaban J connectivity index is 2.00. The second-order valence-electron chi connectivity index (χ2n) is 4.48. The van der Waals surface area contributed by atoms with E-state index in [0.717, 1.165) is 23.2 Å². The van der Waals surface area contributed by atoms with Gasteiger partial charge in [0.05, 0.1) is 11.9 Å². The van der Waals surface area contributed by atoms with Crippen LogP contribution in [0.15, 0.2) is 29.5 Å². The summed E-state index contributed by atoms with van der Waals surface area (Å²) in [6.45, 7) is 5.47. The molecule has 0 aromatic carbocycles.